The van der Waals surface area contributed by atoms with Crippen LogP contribution in [0.5, 0.6) is 0 Å². The fraction of sp³-hybridized carbons (Fsp3) is 0.400. The maximum Gasteiger partial charge on any atom is 0.301 e. The van der Waals surface area contributed by atoms with Gasteiger partial charge in [-0.15, -0.1) is 0 Å². The first-order valence-corrected chi connectivity index (χ1v) is 11.7. The number of hydrogen-bond donors (Lipinski definition) is 3. The molecule has 0 bridgehead atoms. The van der Waals surface area contributed by atoms with Gasteiger partial charge in [0.25, 0.3) is 0 Å². The first-order valence-electron chi connectivity index (χ1n) is 9.87. The van der Waals surface area contributed by atoms with Crippen LogP contribution in [-0.2, 0) is 10.2 Å². The topological polar surface area (TPSA) is 73.5 Å². The van der Waals surface area contributed by atoms with Gasteiger partial charge in [-0.3, -0.25) is 4.72 Å². The highest BCUT2D eigenvalue weighted by molar-refractivity contribution is 7.90. The van der Waals surface area contributed by atoms with Gasteiger partial charge in [-0.25, -0.2) is 8.78 Å². The first kappa shape index (κ1) is 21.3. The molecule has 6 nitrogen and oxygen atoms in total. The van der Waals surface area contributed by atoms with E-state index in [2.05, 4.69) is 15.4 Å². The highest BCUT2D eigenvalue weighted by atomic mass is 35.5. The third kappa shape index (κ3) is 4.54. The molecule has 1 aliphatic carbocycles. The smallest absolute Gasteiger partial charge is 0.301 e. The number of para-hydroxylation sites is 1. The molecule has 4 rings (SSSR count). The van der Waals surface area contributed by atoms with Gasteiger partial charge in [-0.1, -0.05) is 30.2 Å². The standard InChI is InChI=1S/C20H23ClF2N4O2S/c21-15-6-1-2-7-17(15)25-20-18(9-8-16(22)19(20)23)26-30(28,29)27-11-10-14(12-27)24-13-4-3-5-13/h1-2,6-9,13-14,24-26H,3-5,10-12H2. The second-order valence-corrected chi connectivity index (χ2v) is 9.71. The number of benzene rings is 2. The van der Waals surface area contributed by atoms with Crippen LogP contribution in [0.1, 0.15) is 25.7 Å². The molecule has 1 saturated heterocycles. The fourth-order valence-corrected chi connectivity index (χ4v) is 5.13. The molecule has 1 heterocycles. The number of anilines is 3. The van der Waals surface area contributed by atoms with Gasteiger partial charge in [0.1, 0.15) is 5.69 Å². The Balaban J connectivity index is 1.53. The molecule has 1 saturated carbocycles. The van der Waals surface area contributed by atoms with Crippen LogP contribution in [0.3, 0.4) is 0 Å². The van der Waals surface area contributed by atoms with Crippen LogP contribution in [0, 0.1) is 11.6 Å². The minimum atomic E-state index is -3.94. The van der Waals surface area contributed by atoms with E-state index in [0.717, 1.165) is 18.9 Å². The normalized spacial score (nSPS) is 20.2. The number of nitrogens with zero attached hydrogens (tertiary/aromatic N) is 1. The average Bonchev–Trinajstić information content (AvgIpc) is 3.15. The van der Waals surface area contributed by atoms with Crippen LogP contribution in [0.4, 0.5) is 25.8 Å². The molecule has 0 radical (unpaired) electrons. The molecule has 2 aromatic carbocycles. The molecule has 30 heavy (non-hydrogen) atoms. The Bertz CT molecular complexity index is 1030. The monoisotopic (exact) mass is 456 g/mol. The Hall–Kier alpha value is -1.94. The summed E-state index contributed by atoms with van der Waals surface area (Å²) in [6.45, 7) is 0.694. The second kappa shape index (κ2) is 8.66. The van der Waals surface area contributed by atoms with Gasteiger partial charge >= 0.3 is 10.2 Å². The predicted molar refractivity (Wildman–Crippen MR) is 114 cm³/mol. The number of hydrogen-bond acceptors (Lipinski definition) is 4. The van der Waals surface area contributed by atoms with Gasteiger partial charge in [-0.05, 0) is 43.5 Å². The molecule has 0 spiro atoms. The molecule has 162 valence electrons. The van der Waals surface area contributed by atoms with Crippen molar-refractivity contribution < 1.29 is 17.2 Å². The maximum atomic E-state index is 14.5. The van der Waals surface area contributed by atoms with E-state index >= 15 is 0 Å². The highest BCUT2D eigenvalue weighted by Gasteiger charge is 2.34. The maximum absolute atomic E-state index is 14.5. The number of rotatable bonds is 7. The largest absolute Gasteiger partial charge is 0.350 e. The van der Waals surface area contributed by atoms with E-state index in [4.69, 9.17) is 11.6 Å². The summed E-state index contributed by atoms with van der Waals surface area (Å²) < 4.78 is 57.9. The van der Waals surface area contributed by atoms with Gasteiger partial charge < -0.3 is 10.6 Å². The summed E-state index contributed by atoms with van der Waals surface area (Å²) in [7, 11) is -3.94. The minimum Gasteiger partial charge on any atom is -0.350 e. The Morgan fingerprint density at radius 1 is 1.00 bits per heavy atom. The summed E-state index contributed by atoms with van der Waals surface area (Å²) in [5, 5.41) is 6.48. The summed E-state index contributed by atoms with van der Waals surface area (Å²) in [6, 6.07) is 9.17. The zero-order valence-corrected chi connectivity index (χ0v) is 17.7. The molecule has 0 aromatic heterocycles. The van der Waals surface area contributed by atoms with Crippen molar-refractivity contribution in [2.75, 3.05) is 23.1 Å². The molecule has 3 N–H and O–H groups in total. The zero-order chi connectivity index (χ0) is 21.3. The van der Waals surface area contributed by atoms with Gasteiger partial charge in [0.2, 0.25) is 0 Å². The summed E-state index contributed by atoms with van der Waals surface area (Å²) in [4.78, 5) is 0. The van der Waals surface area contributed by atoms with Crippen LogP contribution >= 0.6 is 11.6 Å². The van der Waals surface area contributed by atoms with Crippen molar-refractivity contribution in [2.24, 2.45) is 0 Å². The molecule has 10 heteroatoms. The Labute approximate surface area is 179 Å². The van der Waals surface area contributed by atoms with Crippen molar-refractivity contribution in [3.8, 4) is 0 Å². The van der Waals surface area contributed by atoms with E-state index < -0.39 is 21.8 Å². The lowest BCUT2D eigenvalue weighted by atomic mass is 9.92. The summed E-state index contributed by atoms with van der Waals surface area (Å²) in [5.41, 5.74) is -0.0886. The molecule has 1 unspecified atom stereocenters. The molecule has 1 atom stereocenters. The Morgan fingerprint density at radius 3 is 2.47 bits per heavy atom. The fourth-order valence-electron chi connectivity index (χ4n) is 3.65. The molecule has 2 aliphatic rings. The molecule has 1 aliphatic heterocycles. The molecular formula is C20H23ClF2N4O2S. The van der Waals surface area contributed by atoms with Gasteiger partial charge in [0.05, 0.1) is 16.4 Å². The summed E-state index contributed by atoms with van der Waals surface area (Å²) in [5.74, 6) is -2.29. The third-order valence-electron chi connectivity index (χ3n) is 5.53. The highest BCUT2D eigenvalue weighted by Crippen LogP contribution is 2.34. The number of nitrogens with one attached hydrogen (secondary N) is 3. The quantitative estimate of drug-likeness (QED) is 0.582. The SMILES string of the molecule is O=S(=O)(Nc1ccc(F)c(F)c1Nc1ccccc1Cl)N1CCC(NC2CCC2)C1. The minimum absolute atomic E-state index is 0.0933. The van der Waals surface area contributed by atoms with Crippen LogP contribution in [0.25, 0.3) is 0 Å². The lowest BCUT2D eigenvalue weighted by Crippen LogP contribution is -2.44. The third-order valence-corrected chi connectivity index (χ3v) is 7.35. The van der Waals surface area contributed by atoms with Crippen LogP contribution in [-0.4, -0.2) is 37.9 Å². The van der Waals surface area contributed by atoms with Crippen LogP contribution in [0.2, 0.25) is 5.02 Å². The summed E-state index contributed by atoms with van der Waals surface area (Å²) >= 11 is 6.10. The Morgan fingerprint density at radius 2 is 1.77 bits per heavy atom. The van der Waals surface area contributed by atoms with Crippen LogP contribution in [0.15, 0.2) is 36.4 Å². The first-order chi connectivity index (χ1) is 14.3. The van der Waals surface area contributed by atoms with Crippen molar-refractivity contribution in [3.63, 3.8) is 0 Å². The molecule has 2 aromatic rings. The van der Waals surface area contributed by atoms with Crippen molar-refractivity contribution in [1.82, 2.24) is 9.62 Å². The van der Waals surface area contributed by atoms with Crippen molar-refractivity contribution >= 4 is 38.9 Å². The molecule has 0 amide bonds. The van der Waals surface area contributed by atoms with E-state index in [-0.39, 0.29) is 17.4 Å². The lowest BCUT2D eigenvalue weighted by molar-refractivity contribution is 0.306. The lowest BCUT2D eigenvalue weighted by Gasteiger charge is -2.29. The second-order valence-electron chi connectivity index (χ2n) is 7.63. The Kier molecular flexibility index (Phi) is 6.15. The van der Waals surface area contributed by atoms with E-state index in [1.165, 1.54) is 16.8 Å². The molecule has 2 fully saturated rings. The van der Waals surface area contributed by atoms with Gasteiger partial charge in [0.15, 0.2) is 11.6 Å². The van der Waals surface area contributed by atoms with E-state index in [0.29, 0.717) is 36.3 Å². The van der Waals surface area contributed by atoms with Crippen molar-refractivity contribution in [1.29, 1.82) is 0 Å². The van der Waals surface area contributed by atoms with Crippen molar-refractivity contribution in [2.45, 2.75) is 37.8 Å². The average molecular weight is 457 g/mol. The molecular weight excluding hydrogens is 434 g/mol. The van der Waals surface area contributed by atoms with Crippen LogP contribution < -0.4 is 15.4 Å². The van der Waals surface area contributed by atoms with E-state index in [1.54, 1.807) is 24.3 Å². The van der Waals surface area contributed by atoms with Gasteiger partial charge in [-0.2, -0.15) is 12.7 Å². The predicted octanol–water partition coefficient (Wildman–Crippen LogP) is 4.23. The summed E-state index contributed by atoms with van der Waals surface area (Å²) in [6.07, 6.45) is 4.14. The zero-order valence-electron chi connectivity index (χ0n) is 16.2. The van der Waals surface area contributed by atoms with E-state index in [1.807, 2.05) is 0 Å². The van der Waals surface area contributed by atoms with Crippen molar-refractivity contribution in [3.05, 3.63) is 53.1 Å². The number of halogens is 3. The van der Waals surface area contributed by atoms with Gasteiger partial charge in [0, 0.05) is 25.2 Å². The van der Waals surface area contributed by atoms with E-state index in [9.17, 15) is 17.2 Å².